The molecule has 3 aromatic carbocycles. The lowest BCUT2D eigenvalue weighted by atomic mass is 9.98. The van der Waals surface area contributed by atoms with Crippen LogP contribution in [0, 0.1) is 13.8 Å². The van der Waals surface area contributed by atoms with Crippen LogP contribution in [0.2, 0.25) is 0 Å². The van der Waals surface area contributed by atoms with Crippen molar-refractivity contribution in [3.8, 4) is 16.8 Å². The van der Waals surface area contributed by atoms with Crippen LogP contribution in [0.25, 0.3) is 38.9 Å². The number of aryl methyl sites for hydroxylation is 2. The quantitative estimate of drug-likeness (QED) is 0.378. The third kappa shape index (κ3) is 3.69. The molecule has 0 atom stereocenters. The third-order valence-electron chi connectivity index (χ3n) is 6.25. The van der Waals surface area contributed by atoms with Gasteiger partial charge in [0, 0.05) is 12.0 Å². The highest BCUT2D eigenvalue weighted by Gasteiger charge is 2.22. The van der Waals surface area contributed by atoms with Crippen LogP contribution in [0.5, 0.6) is 0 Å². The lowest BCUT2D eigenvalue weighted by Crippen LogP contribution is -2.14. The van der Waals surface area contributed by atoms with Crippen molar-refractivity contribution in [3.63, 3.8) is 0 Å². The van der Waals surface area contributed by atoms with E-state index in [4.69, 9.17) is 15.1 Å². The lowest BCUT2D eigenvalue weighted by molar-refractivity contribution is 0.877. The number of nitrogens with one attached hydrogen (secondary N) is 1. The monoisotopic (exact) mass is 457 g/mol. The molecule has 0 saturated heterocycles. The first-order chi connectivity index (χ1) is 17.1. The minimum absolute atomic E-state index is 0.197. The molecule has 3 aromatic heterocycles. The highest BCUT2D eigenvalue weighted by molar-refractivity contribution is 6.08. The van der Waals surface area contributed by atoms with Crippen LogP contribution in [0.3, 0.4) is 0 Å². The number of fused-ring (bicyclic) bond motifs is 2. The molecule has 0 bridgehead atoms. The first-order valence-electron chi connectivity index (χ1n) is 11.6. The van der Waals surface area contributed by atoms with Gasteiger partial charge in [-0.3, -0.25) is 4.79 Å². The predicted octanol–water partition coefficient (Wildman–Crippen LogP) is 5.53. The zero-order valence-corrected chi connectivity index (χ0v) is 19.5. The summed E-state index contributed by atoms with van der Waals surface area (Å²) in [5, 5.41) is 6.16. The number of aromatic nitrogens is 5. The molecule has 0 spiro atoms. The lowest BCUT2D eigenvalue weighted by Gasteiger charge is -2.11. The van der Waals surface area contributed by atoms with E-state index in [1.54, 1.807) is 0 Å². The smallest absolute Gasteiger partial charge is 0.261 e. The number of aromatic amines is 1. The number of H-pyrrole nitrogens is 1. The summed E-state index contributed by atoms with van der Waals surface area (Å²) in [6, 6.07) is 28.1. The van der Waals surface area contributed by atoms with Crippen LogP contribution in [-0.2, 0) is 6.42 Å². The van der Waals surface area contributed by atoms with Gasteiger partial charge in [0.05, 0.1) is 22.2 Å². The van der Waals surface area contributed by atoms with Crippen molar-refractivity contribution in [3.05, 3.63) is 118 Å². The second kappa shape index (κ2) is 8.33. The molecule has 0 aliphatic rings. The fourth-order valence-electron chi connectivity index (χ4n) is 4.58. The second-order valence-corrected chi connectivity index (χ2v) is 8.76. The van der Waals surface area contributed by atoms with E-state index in [-0.39, 0.29) is 5.56 Å². The summed E-state index contributed by atoms with van der Waals surface area (Å²) in [6.07, 6.45) is 0.516. The second-order valence-electron chi connectivity index (χ2n) is 8.76. The molecule has 35 heavy (non-hydrogen) atoms. The highest BCUT2D eigenvalue weighted by atomic mass is 16.1. The number of pyridine rings is 1. The maximum atomic E-state index is 13.5. The number of hydrogen-bond donors (Lipinski definition) is 1. The Labute approximate surface area is 201 Å². The minimum atomic E-state index is -0.197. The molecule has 0 fully saturated rings. The average Bonchev–Trinajstić information content (AvgIpc) is 3.20. The molecule has 3 heterocycles. The number of para-hydroxylation sites is 1. The highest BCUT2D eigenvalue weighted by Crippen LogP contribution is 2.35. The molecule has 6 rings (SSSR count). The topological polar surface area (TPSA) is 76.5 Å². The van der Waals surface area contributed by atoms with E-state index >= 15 is 0 Å². The van der Waals surface area contributed by atoms with Gasteiger partial charge in [0.2, 0.25) is 0 Å². The fourth-order valence-corrected chi connectivity index (χ4v) is 4.58. The molecule has 0 aliphatic heterocycles. The maximum absolute atomic E-state index is 13.5. The van der Waals surface area contributed by atoms with Crippen molar-refractivity contribution in [2.45, 2.75) is 20.3 Å². The molecular weight excluding hydrogens is 434 g/mol. The summed E-state index contributed by atoms with van der Waals surface area (Å²) in [5.41, 5.74) is 6.58. The van der Waals surface area contributed by atoms with E-state index < -0.39 is 0 Å². The van der Waals surface area contributed by atoms with Gasteiger partial charge in [-0.15, -0.1) is 0 Å². The largest absolute Gasteiger partial charge is 0.310 e. The van der Waals surface area contributed by atoms with Gasteiger partial charge < -0.3 is 4.98 Å². The van der Waals surface area contributed by atoms with E-state index in [0.717, 1.165) is 39.0 Å². The Bertz CT molecular complexity index is 1730. The Morgan fingerprint density at radius 1 is 0.800 bits per heavy atom. The number of nitrogens with zero attached hydrogens (tertiary/aromatic N) is 4. The standard InChI is InChI=1S/C29H23N5O/c1-18-13-15-21(16-14-18)25-24-19(2)33-34(22-11-7-4-8-12-22)28(24)32-27-26(25)29(35)31-23(30-27)17-20-9-5-3-6-10-20/h3-16H,17H2,1-2H3,(H,30,31,32,35). The number of rotatable bonds is 4. The summed E-state index contributed by atoms with van der Waals surface area (Å²) < 4.78 is 1.83. The van der Waals surface area contributed by atoms with Crippen molar-refractivity contribution in [1.29, 1.82) is 0 Å². The van der Waals surface area contributed by atoms with E-state index in [9.17, 15) is 4.79 Å². The fraction of sp³-hybridized carbons (Fsp3) is 0.103. The minimum Gasteiger partial charge on any atom is -0.310 e. The summed E-state index contributed by atoms with van der Waals surface area (Å²) in [6.45, 7) is 4.01. The Morgan fingerprint density at radius 3 is 2.20 bits per heavy atom. The molecule has 6 aromatic rings. The zero-order valence-electron chi connectivity index (χ0n) is 19.5. The van der Waals surface area contributed by atoms with Gasteiger partial charge in [-0.1, -0.05) is 78.4 Å². The normalized spacial score (nSPS) is 11.4. The van der Waals surface area contributed by atoms with E-state index in [0.29, 0.717) is 28.9 Å². The van der Waals surface area contributed by atoms with Crippen molar-refractivity contribution in [2.24, 2.45) is 0 Å². The summed E-state index contributed by atoms with van der Waals surface area (Å²) in [7, 11) is 0. The van der Waals surface area contributed by atoms with E-state index in [1.165, 1.54) is 0 Å². The van der Waals surface area contributed by atoms with Crippen molar-refractivity contribution in [2.75, 3.05) is 0 Å². The molecule has 0 saturated carbocycles. The summed E-state index contributed by atoms with van der Waals surface area (Å²) in [5.74, 6) is 0.581. The van der Waals surface area contributed by atoms with Crippen LogP contribution in [0.1, 0.15) is 22.6 Å². The maximum Gasteiger partial charge on any atom is 0.261 e. The summed E-state index contributed by atoms with van der Waals surface area (Å²) >= 11 is 0. The van der Waals surface area contributed by atoms with Crippen LogP contribution in [-0.4, -0.2) is 24.7 Å². The molecule has 6 nitrogen and oxygen atoms in total. The Balaban J connectivity index is 1.69. The van der Waals surface area contributed by atoms with Gasteiger partial charge in [0.25, 0.3) is 5.56 Å². The molecule has 1 N–H and O–H groups in total. The van der Waals surface area contributed by atoms with Gasteiger partial charge in [0.15, 0.2) is 11.3 Å². The Kier molecular flexibility index (Phi) is 4.99. The predicted molar refractivity (Wildman–Crippen MR) is 139 cm³/mol. The van der Waals surface area contributed by atoms with Crippen molar-refractivity contribution < 1.29 is 0 Å². The van der Waals surface area contributed by atoms with Crippen molar-refractivity contribution in [1.82, 2.24) is 24.7 Å². The average molecular weight is 458 g/mol. The van der Waals surface area contributed by atoms with Gasteiger partial charge >= 0.3 is 0 Å². The molecule has 0 aliphatic carbocycles. The third-order valence-corrected chi connectivity index (χ3v) is 6.25. The molecule has 0 amide bonds. The Hall–Kier alpha value is -4.58. The van der Waals surface area contributed by atoms with Gasteiger partial charge in [-0.05, 0) is 37.1 Å². The van der Waals surface area contributed by atoms with Gasteiger partial charge in [-0.25, -0.2) is 14.6 Å². The van der Waals surface area contributed by atoms with E-state index in [1.807, 2.05) is 91.3 Å². The molecule has 170 valence electrons. The zero-order chi connectivity index (χ0) is 23.9. The van der Waals surface area contributed by atoms with Crippen LogP contribution >= 0.6 is 0 Å². The first kappa shape index (κ1) is 21.0. The molecular formula is C29H23N5O. The molecule has 0 unspecified atom stereocenters. The molecule has 0 radical (unpaired) electrons. The van der Waals surface area contributed by atoms with Gasteiger partial charge in [-0.2, -0.15) is 5.10 Å². The van der Waals surface area contributed by atoms with Crippen LogP contribution < -0.4 is 5.56 Å². The SMILES string of the molecule is Cc1ccc(-c2c3c(C)nn(-c4ccccc4)c3nc3nc(Cc4ccccc4)[nH]c(=O)c23)cc1. The summed E-state index contributed by atoms with van der Waals surface area (Å²) in [4.78, 5) is 26.3. The van der Waals surface area contributed by atoms with Crippen LogP contribution in [0.15, 0.2) is 89.7 Å². The first-order valence-corrected chi connectivity index (χ1v) is 11.6. The van der Waals surface area contributed by atoms with Gasteiger partial charge in [0.1, 0.15) is 5.82 Å². The number of benzene rings is 3. The van der Waals surface area contributed by atoms with Crippen molar-refractivity contribution >= 4 is 22.1 Å². The number of hydrogen-bond acceptors (Lipinski definition) is 4. The Morgan fingerprint density at radius 2 is 1.49 bits per heavy atom. The van der Waals surface area contributed by atoms with E-state index in [2.05, 4.69) is 17.1 Å². The van der Waals surface area contributed by atoms with Crippen LogP contribution in [0.4, 0.5) is 0 Å². The molecule has 6 heteroatoms.